The maximum Gasteiger partial charge on any atom is 0.187 e. The number of rotatable bonds is 10. The second kappa shape index (κ2) is 14.3. The average Bonchev–Trinajstić information content (AvgIpc) is 2.80. The lowest BCUT2D eigenvalue weighted by atomic mass is 9.68. The van der Waals surface area contributed by atoms with Gasteiger partial charge < -0.3 is 5.11 Å². The van der Waals surface area contributed by atoms with Crippen molar-refractivity contribution in [3.8, 4) is 0 Å². The van der Waals surface area contributed by atoms with Crippen molar-refractivity contribution in [1.82, 2.24) is 0 Å². The van der Waals surface area contributed by atoms with Crippen LogP contribution < -0.4 is 0 Å². The molecule has 0 spiro atoms. The highest BCUT2D eigenvalue weighted by molar-refractivity contribution is 6.00. The molecule has 2 unspecified atom stereocenters. The zero-order chi connectivity index (χ0) is 25.7. The normalized spacial score (nSPS) is 24.0. The lowest BCUT2D eigenvalue weighted by Crippen LogP contribution is -2.37. The molecular weight excluding hydrogens is 416 g/mol. The summed E-state index contributed by atoms with van der Waals surface area (Å²) >= 11 is 0. The van der Waals surface area contributed by atoms with Gasteiger partial charge in [0.2, 0.25) is 0 Å². The van der Waals surface area contributed by atoms with E-state index in [9.17, 15) is 9.90 Å². The number of Topliss-reactive ketones (excluding diaryl/α,β-unsaturated/α-hetero) is 1. The number of hydrogen-bond donors (Lipinski definition) is 1. The molecule has 0 aromatic rings. The lowest BCUT2D eigenvalue weighted by molar-refractivity contribution is -0.125. The summed E-state index contributed by atoms with van der Waals surface area (Å²) in [7, 11) is 0. The first-order valence-corrected chi connectivity index (χ1v) is 12.0. The predicted octanol–water partition coefficient (Wildman–Crippen LogP) is 8.25. The first kappa shape index (κ1) is 29.1. The highest BCUT2D eigenvalue weighted by atomic mass is 16.3. The average molecular weight is 459 g/mol. The van der Waals surface area contributed by atoms with Gasteiger partial charge in [-0.2, -0.15) is 0 Å². The van der Waals surface area contributed by atoms with Crippen molar-refractivity contribution in [3.63, 3.8) is 0 Å². The fourth-order valence-corrected chi connectivity index (χ4v) is 3.69. The number of aliphatic hydroxyl groups excluding tert-OH is 1. The van der Waals surface area contributed by atoms with Crippen molar-refractivity contribution in [2.24, 2.45) is 5.41 Å². The van der Waals surface area contributed by atoms with Gasteiger partial charge in [0.15, 0.2) is 5.78 Å². The summed E-state index contributed by atoms with van der Waals surface area (Å²) in [6.07, 6.45) is 26.9. The van der Waals surface area contributed by atoms with Crippen LogP contribution in [0.3, 0.4) is 0 Å². The SMILES string of the molecule is C=C/C(C)=C/C=C/C(C)=C/C=C/C=C(C)/C=C/C=C(C)/C=C/C1=C(C)C(=O)C(O)CC1(C)CC. The molecule has 0 heterocycles. The molecule has 1 aliphatic rings. The molecule has 182 valence electrons. The maximum atomic E-state index is 12.3. The highest BCUT2D eigenvalue weighted by Crippen LogP contribution is 2.42. The quantitative estimate of drug-likeness (QED) is 0.335. The van der Waals surface area contributed by atoms with Crippen LogP contribution in [0.1, 0.15) is 61.3 Å². The smallest absolute Gasteiger partial charge is 0.187 e. The van der Waals surface area contributed by atoms with Gasteiger partial charge in [-0.05, 0) is 64.0 Å². The number of aliphatic hydroxyl groups is 1. The first-order chi connectivity index (χ1) is 16.0. The number of ketones is 1. The van der Waals surface area contributed by atoms with Crippen molar-refractivity contribution in [2.75, 3.05) is 0 Å². The molecule has 0 bridgehead atoms. The first-order valence-electron chi connectivity index (χ1n) is 12.0. The molecule has 0 amide bonds. The molecule has 0 aliphatic heterocycles. The molecule has 2 atom stereocenters. The van der Waals surface area contributed by atoms with Crippen LogP contribution in [0.15, 0.2) is 119 Å². The molecule has 0 aromatic carbocycles. The number of hydrogen-bond acceptors (Lipinski definition) is 2. The van der Waals surface area contributed by atoms with Crippen LogP contribution in [-0.2, 0) is 4.79 Å². The minimum Gasteiger partial charge on any atom is -0.385 e. The van der Waals surface area contributed by atoms with Crippen LogP contribution >= 0.6 is 0 Å². The summed E-state index contributed by atoms with van der Waals surface area (Å²) < 4.78 is 0. The van der Waals surface area contributed by atoms with E-state index in [0.29, 0.717) is 12.0 Å². The molecule has 2 nitrogen and oxygen atoms in total. The van der Waals surface area contributed by atoms with E-state index in [2.05, 4.69) is 64.7 Å². The molecule has 34 heavy (non-hydrogen) atoms. The molecule has 1 aliphatic carbocycles. The predicted molar refractivity (Wildman–Crippen MR) is 149 cm³/mol. The van der Waals surface area contributed by atoms with Crippen molar-refractivity contribution in [2.45, 2.75) is 67.4 Å². The Labute approximate surface area is 207 Å². The van der Waals surface area contributed by atoms with Crippen LogP contribution in [0.4, 0.5) is 0 Å². The van der Waals surface area contributed by atoms with Gasteiger partial charge >= 0.3 is 0 Å². The third kappa shape index (κ3) is 9.49. The van der Waals surface area contributed by atoms with E-state index in [1.165, 1.54) is 5.57 Å². The van der Waals surface area contributed by atoms with E-state index in [1.54, 1.807) is 0 Å². The highest BCUT2D eigenvalue weighted by Gasteiger charge is 2.38. The fourth-order valence-electron chi connectivity index (χ4n) is 3.69. The van der Waals surface area contributed by atoms with Gasteiger partial charge in [-0.25, -0.2) is 0 Å². The van der Waals surface area contributed by atoms with Gasteiger partial charge in [-0.1, -0.05) is 122 Å². The van der Waals surface area contributed by atoms with Gasteiger partial charge in [0.25, 0.3) is 0 Å². The molecule has 0 fully saturated rings. The Kier molecular flexibility index (Phi) is 12.2. The Balaban J connectivity index is 2.79. The van der Waals surface area contributed by atoms with Crippen LogP contribution in [0.2, 0.25) is 0 Å². The van der Waals surface area contributed by atoms with Crippen molar-refractivity contribution < 1.29 is 9.90 Å². The molecule has 1 N–H and O–H groups in total. The van der Waals surface area contributed by atoms with Crippen LogP contribution in [0.25, 0.3) is 0 Å². The van der Waals surface area contributed by atoms with Crippen molar-refractivity contribution >= 4 is 5.78 Å². The van der Waals surface area contributed by atoms with Crippen molar-refractivity contribution in [1.29, 1.82) is 0 Å². The molecule has 0 radical (unpaired) electrons. The van der Waals surface area contributed by atoms with E-state index in [1.807, 2.05) is 69.4 Å². The third-order valence-corrected chi connectivity index (χ3v) is 6.25. The van der Waals surface area contributed by atoms with Crippen LogP contribution in [-0.4, -0.2) is 17.0 Å². The van der Waals surface area contributed by atoms with E-state index >= 15 is 0 Å². The standard InChI is InChI=1S/C32H42O2/c1-9-24(3)17-13-18-25(4)15-11-12-16-26(5)19-14-20-27(6)21-22-29-28(7)31(34)30(33)23-32(29,8)10-2/h9,11-22,30,33H,1,10,23H2,2-8H3/b12-11+,18-13+,19-14+,22-21+,24-17+,25-15+,26-16+,27-20+. The number of allylic oxidation sites excluding steroid dienone is 18. The minimum atomic E-state index is -0.884. The van der Waals surface area contributed by atoms with Crippen LogP contribution in [0.5, 0.6) is 0 Å². The second-order valence-corrected chi connectivity index (χ2v) is 9.32. The maximum absolute atomic E-state index is 12.3. The fraction of sp³-hybridized carbons (Fsp3) is 0.344. The molecule has 0 aromatic heterocycles. The molecule has 0 saturated carbocycles. The Morgan fingerprint density at radius 1 is 0.912 bits per heavy atom. The molecular formula is C32H42O2. The minimum absolute atomic E-state index is 0.151. The summed E-state index contributed by atoms with van der Waals surface area (Å²) in [5.74, 6) is -0.151. The molecule has 2 heteroatoms. The van der Waals surface area contributed by atoms with Gasteiger partial charge in [-0.15, -0.1) is 0 Å². The largest absolute Gasteiger partial charge is 0.385 e. The van der Waals surface area contributed by atoms with Crippen molar-refractivity contribution in [3.05, 3.63) is 119 Å². The van der Waals surface area contributed by atoms with Gasteiger partial charge in [0.1, 0.15) is 6.10 Å². The van der Waals surface area contributed by atoms with Gasteiger partial charge in [0.05, 0.1) is 0 Å². The monoisotopic (exact) mass is 458 g/mol. The Bertz CT molecular complexity index is 1020. The van der Waals surface area contributed by atoms with E-state index in [0.717, 1.165) is 28.7 Å². The van der Waals surface area contributed by atoms with Gasteiger partial charge in [0, 0.05) is 0 Å². The summed E-state index contributed by atoms with van der Waals surface area (Å²) in [4.78, 5) is 12.3. The van der Waals surface area contributed by atoms with E-state index in [4.69, 9.17) is 0 Å². The Morgan fingerprint density at radius 3 is 1.88 bits per heavy atom. The van der Waals surface area contributed by atoms with E-state index in [-0.39, 0.29) is 11.2 Å². The topological polar surface area (TPSA) is 37.3 Å². The summed E-state index contributed by atoms with van der Waals surface area (Å²) in [6, 6.07) is 0. The number of carbonyl (C=O) groups is 1. The Hall–Kier alpha value is -2.97. The Morgan fingerprint density at radius 2 is 1.38 bits per heavy atom. The summed E-state index contributed by atoms with van der Waals surface area (Å²) in [5.41, 5.74) is 6.10. The van der Waals surface area contributed by atoms with Gasteiger partial charge in [-0.3, -0.25) is 4.79 Å². The molecule has 0 saturated heterocycles. The zero-order valence-corrected chi connectivity index (χ0v) is 22.1. The summed E-state index contributed by atoms with van der Waals surface area (Å²) in [5, 5.41) is 10.1. The van der Waals surface area contributed by atoms with E-state index < -0.39 is 6.10 Å². The van der Waals surface area contributed by atoms with Crippen LogP contribution in [0, 0.1) is 5.41 Å². The third-order valence-electron chi connectivity index (χ3n) is 6.25. The zero-order valence-electron chi connectivity index (χ0n) is 22.1. The number of carbonyl (C=O) groups excluding carboxylic acids is 1. The molecule has 1 rings (SSSR count). The summed E-state index contributed by atoms with van der Waals surface area (Å²) in [6.45, 7) is 18.0. The lowest BCUT2D eigenvalue weighted by Gasteiger charge is -2.37. The second-order valence-electron chi connectivity index (χ2n) is 9.32.